The maximum absolute atomic E-state index is 6.28. The number of nitrogens with two attached hydrogens (primary N) is 1. The van der Waals surface area contributed by atoms with Gasteiger partial charge in [0.2, 0.25) is 0 Å². The number of hydrogen-bond donors (Lipinski definition) is 1. The van der Waals surface area contributed by atoms with Gasteiger partial charge in [-0.25, -0.2) is 0 Å². The molecule has 1 aliphatic heterocycles. The average molecular weight is 273 g/mol. The molecule has 1 heterocycles. The molecule has 0 aliphatic carbocycles. The molecule has 0 radical (unpaired) electrons. The van der Waals surface area contributed by atoms with Crippen molar-refractivity contribution in [1.29, 1.82) is 0 Å². The lowest BCUT2D eigenvalue weighted by molar-refractivity contribution is 0.390. The summed E-state index contributed by atoms with van der Waals surface area (Å²) >= 11 is 12.6. The molecule has 94 valence electrons. The van der Waals surface area contributed by atoms with Crippen LogP contribution in [0, 0.1) is 5.92 Å². The minimum atomic E-state index is 0.477. The highest BCUT2D eigenvalue weighted by molar-refractivity contribution is 6.39. The first-order valence-electron chi connectivity index (χ1n) is 6.00. The molecule has 2 N–H and O–H groups in total. The van der Waals surface area contributed by atoms with Crippen molar-refractivity contribution in [2.45, 2.75) is 32.7 Å². The second-order valence-corrected chi connectivity index (χ2v) is 5.83. The molecule has 1 saturated heterocycles. The van der Waals surface area contributed by atoms with Gasteiger partial charge in [0.05, 0.1) is 15.7 Å². The van der Waals surface area contributed by atoms with Gasteiger partial charge in [-0.1, -0.05) is 30.1 Å². The predicted octanol–water partition coefficient (Wildman–Crippen LogP) is 4.20. The van der Waals surface area contributed by atoms with Gasteiger partial charge in [0.25, 0.3) is 0 Å². The number of nitrogens with zero attached hydrogens (tertiary/aromatic N) is 1. The third-order valence-electron chi connectivity index (χ3n) is 3.44. The maximum Gasteiger partial charge on any atom is 0.0749 e. The first-order valence-corrected chi connectivity index (χ1v) is 6.75. The van der Waals surface area contributed by atoms with Gasteiger partial charge in [-0.05, 0) is 37.8 Å². The molecule has 2 atom stereocenters. The quantitative estimate of drug-likeness (QED) is 0.777. The molecule has 1 aliphatic rings. The van der Waals surface area contributed by atoms with Crippen LogP contribution < -0.4 is 10.6 Å². The molecule has 2 rings (SSSR count). The second-order valence-electron chi connectivity index (χ2n) is 5.02. The predicted molar refractivity (Wildman–Crippen MR) is 76.1 cm³/mol. The largest absolute Gasteiger partial charge is 0.399 e. The molecule has 0 bridgehead atoms. The van der Waals surface area contributed by atoms with Crippen molar-refractivity contribution in [2.75, 3.05) is 17.2 Å². The van der Waals surface area contributed by atoms with Gasteiger partial charge in [0.15, 0.2) is 0 Å². The summed E-state index contributed by atoms with van der Waals surface area (Å²) in [7, 11) is 0. The Hall–Kier alpha value is -0.600. The Morgan fingerprint density at radius 2 is 1.76 bits per heavy atom. The average Bonchev–Trinajstić information content (AvgIpc) is 2.21. The van der Waals surface area contributed by atoms with Gasteiger partial charge < -0.3 is 10.6 Å². The smallest absolute Gasteiger partial charge is 0.0749 e. The summed E-state index contributed by atoms with van der Waals surface area (Å²) in [6.07, 6.45) is 2.44. The molecular formula is C13H18Cl2N2. The van der Waals surface area contributed by atoms with Crippen LogP contribution in [-0.2, 0) is 0 Å². The third-order valence-corrected chi connectivity index (χ3v) is 4.02. The lowest BCUT2D eigenvalue weighted by Crippen LogP contribution is -2.41. The molecule has 0 saturated carbocycles. The normalized spacial score (nSPS) is 25.1. The van der Waals surface area contributed by atoms with E-state index in [1.54, 1.807) is 12.1 Å². The minimum Gasteiger partial charge on any atom is -0.399 e. The summed E-state index contributed by atoms with van der Waals surface area (Å²) in [6, 6.07) is 4.02. The van der Waals surface area contributed by atoms with Crippen LogP contribution in [0.25, 0.3) is 0 Å². The molecule has 1 aromatic carbocycles. The van der Waals surface area contributed by atoms with Crippen LogP contribution in [0.3, 0.4) is 0 Å². The number of benzene rings is 1. The Bertz CT molecular complexity index is 397. The van der Waals surface area contributed by atoms with Crippen molar-refractivity contribution in [3.05, 3.63) is 22.2 Å². The van der Waals surface area contributed by atoms with E-state index in [0.29, 0.717) is 27.7 Å². The fourth-order valence-corrected chi connectivity index (χ4v) is 3.18. The zero-order valence-corrected chi connectivity index (χ0v) is 11.7. The minimum absolute atomic E-state index is 0.477. The van der Waals surface area contributed by atoms with Gasteiger partial charge >= 0.3 is 0 Å². The molecule has 0 amide bonds. The van der Waals surface area contributed by atoms with Crippen molar-refractivity contribution in [2.24, 2.45) is 5.92 Å². The van der Waals surface area contributed by atoms with E-state index in [1.807, 2.05) is 0 Å². The molecule has 2 nitrogen and oxygen atoms in total. The molecule has 1 fully saturated rings. The van der Waals surface area contributed by atoms with E-state index in [1.165, 1.54) is 12.8 Å². The summed E-state index contributed by atoms with van der Waals surface area (Å²) in [5.74, 6) is 0.677. The summed E-state index contributed by atoms with van der Waals surface area (Å²) in [5.41, 5.74) is 7.28. The lowest BCUT2D eigenvalue weighted by Gasteiger charge is -2.39. The van der Waals surface area contributed by atoms with Crippen LogP contribution in [-0.4, -0.2) is 12.6 Å². The fourth-order valence-electron chi connectivity index (χ4n) is 2.46. The van der Waals surface area contributed by atoms with Gasteiger partial charge in [-0.2, -0.15) is 0 Å². The Kier molecular flexibility index (Phi) is 3.74. The summed E-state index contributed by atoms with van der Waals surface area (Å²) in [6.45, 7) is 5.48. The standard InChI is InChI=1S/C13H18Cl2N2/c1-8-3-4-9(2)17(7-8)13-11(14)5-10(16)6-12(13)15/h5-6,8-9H,3-4,7,16H2,1-2H3. The zero-order chi connectivity index (χ0) is 12.6. The topological polar surface area (TPSA) is 29.3 Å². The molecule has 0 aromatic heterocycles. The molecular weight excluding hydrogens is 255 g/mol. The Morgan fingerprint density at radius 3 is 2.35 bits per heavy atom. The number of hydrogen-bond acceptors (Lipinski definition) is 2. The summed E-state index contributed by atoms with van der Waals surface area (Å²) in [5, 5.41) is 1.30. The molecule has 0 spiro atoms. The van der Waals surface area contributed by atoms with Crippen LogP contribution in [0.4, 0.5) is 11.4 Å². The SMILES string of the molecule is CC1CCC(C)N(c2c(Cl)cc(N)cc2Cl)C1. The fraction of sp³-hybridized carbons (Fsp3) is 0.538. The van der Waals surface area contributed by atoms with E-state index in [0.717, 1.165) is 12.2 Å². The summed E-state index contributed by atoms with van der Waals surface area (Å²) in [4.78, 5) is 2.30. The van der Waals surface area contributed by atoms with Crippen LogP contribution >= 0.6 is 23.2 Å². The highest BCUT2D eigenvalue weighted by atomic mass is 35.5. The Balaban J connectivity index is 2.38. The number of piperidine rings is 1. The van der Waals surface area contributed by atoms with Crippen molar-refractivity contribution in [1.82, 2.24) is 0 Å². The molecule has 2 unspecified atom stereocenters. The van der Waals surface area contributed by atoms with Crippen LogP contribution in [0.15, 0.2) is 12.1 Å². The number of halogens is 2. The van der Waals surface area contributed by atoms with Crippen LogP contribution in [0.1, 0.15) is 26.7 Å². The van der Waals surface area contributed by atoms with Gasteiger partial charge in [0, 0.05) is 18.3 Å². The van der Waals surface area contributed by atoms with E-state index in [-0.39, 0.29) is 0 Å². The Morgan fingerprint density at radius 1 is 1.18 bits per heavy atom. The second kappa shape index (κ2) is 4.95. The Labute approximate surface area is 113 Å². The number of rotatable bonds is 1. The van der Waals surface area contributed by atoms with E-state index in [2.05, 4.69) is 18.7 Å². The third kappa shape index (κ3) is 2.63. The van der Waals surface area contributed by atoms with Crippen molar-refractivity contribution >= 4 is 34.6 Å². The van der Waals surface area contributed by atoms with Gasteiger partial charge in [-0.15, -0.1) is 0 Å². The van der Waals surface area contributed by atoms with E-state index < -0.39 is 0 Å². The molecule has 17 heavy (non-hydrogen) atoms. The monoisotopic (exact) mass is 272 g/mol. The highest BCUT2D eigenvalue weighted by Gasteiger charge is 2.26. The van der Waals surface area contributed by atoms with E-state index in [4.69, 9.17) is 28.9 Å². The van der Waals surface area contributed by atoms with Crippen molar-refractivity contribution < 1.29 is 0 Å². The van der Waals surface area contributed by atoms with E-state index >= 15 is 0 Å². The highest BCUT2D eigenvalue weighted by Crippen LogP contribution is 2.39. The zero-order valence-electron chi connectivity index (χ0n) is 10.2. The first kappa shape index (κ1) is 12.8. The van der Waals surface area contributed by atoms with Crippen LogP contribution in [0.2, 0.25) is 10.0 Å². The van der Waals surface area contributed by atoms with Crippen molar-refractivity contribution in [3.63, 3.8) is 0 Å². The number of anilines is 2. The first-order chi connectivity index (χ1) is 7.99. The van der Waals surface area contributed by atoms with Crippen molar-refractivity contribution in [3.8, 4) is 0 Å². The number of nitrogen functional groups attached to an aromatic ring is 1. The molecule has 1 aromatic rings. The summed E-state index contributed by atoms with van der Waals surface area (Å²) < 4.78 is 0. The van der Waals surface area contributed by atoms with E-state index in [9.17, 15) is 0 Å². The van der Waals surface area contributed by atoms with Gasteiger partial charge in [-0.3, -0.25) is 0 Å². The maximum atomic E-state index is 6.28. The molecule has 4 heteroatoms. The van der Waals surface area contributed by atoms with Crippen LogP contribution in [0.5, 0.6) is 0 Å². The van der Waals surface area contributed by atoms with Gasteiger partial charge in [0.1, 0.15) is 0 Å². The lowest BCUT2D eigenvalue weighted by atomic mass is 9.94.